The lowest BCUT2D eigenvalue weighted by Crippen LogP contribution is -2.43. The van der Waals surface area contributed by atoms with Gasteiger partial charge in [-0.25, -0.2) is 0 Å². The van der Waals surface area contributed by atoms with Crippen molar-refractivity contribution in [2.75, 3.05) is 32.6 Å². The number of nitrogens with two attached hydrogens (primary N) is 1. The van der Waals surface area contributed by atoms with Gasteiger partial charge in [0.25, 0.3) is 0 Å². The maximum Gasteiger partial charge on any atom is 0.220 e. The molecule has 1 aliphatic heterocycles. The van der Waals surface area contributed by atoms with Gasteiger partial charge in [-0.15, -0.1) is 0 Å². The fourth-order valence-corrected chi connectivity index (χ4v) is 2.77. The van der Waals surface area contributed by atoms with Gasteiger partial charge in [-0.2, -0.15) is 0 Å². The van der Waals surface area contributed by atoms with E-state index in [-0.39, 0.29) is 11.8 Å². The van der Waals surface area contributed by atoms with Crippen LogP contribution in [0.25, 0.3) is 0 Å². The molecule has 120 valence electrons. The Morgan fingerprint density at radius 3 is 2.55 bits per heavy atom. The number of benzene rings is 1. The lowest BCUT2D eigenvalue weighted by molar-refractivity contribution is -0.122. The first kappa shape index (κ1) is 16.4. The molecule has 1 aromatic carbocycles. The average Bonchev–Trinajstić information content (AvgIpc) is 2.54. The third-order valence-electron chi connectivity index (χ3n) is 3.83. The van der Waals surface area contributed by atoms with E-state index >= 15 is 0 Å². The fourth-order valence-electron chi connectivity index (χ4n) is 2.47. The Morgan fingerprint density at radius 2 is 2.00 bits per heavy atom. The van der Waals surface area contributed by atoms with E-state index in [4.69, 9.17) is 27.4 Å². The minimum atomic E-state index is -0.229. The third kappa shape index (κ3) is 3.79. The van der Waals surface area contributed by atoms with Crippen LogP contribution in [0.2, 0.25) is 0 Å². The number of carbonyl (C=O) groups excluding carboxylic acids is 1. The molecule has 0 aromatic heterocycles. The van der Waals surface area contributed by atoms with Gasteiger partial charge in [0, 0.05) is 25.1 Å². The zero-order valence-electron chi connectivity index (χ0n) is 12.8. The van der Waals surface area contributed by atoms with E-state index in [0.29, 0.717) is 24.0 Å². The van der Waals surface area contributed by atoms with Gasteiger partial charge in [-0.3, -0.25) is 4.79 Å². The van der Waals surface area contributed by atoms with Gasteiger partial charge in [0.05, 0.1) is 19.9 Å². The molecular weight excluding hydrogens is 302 g/mol. The summed E-state index contributed by atoms with van der Waals surface area (Å²) in [6, 6.07) is 5.48. The number of hydrogen-bond acceptors (Lipinski definition) is 4. The fraction of sp³-hybridized carbons (Fsp3) is 0.467. The Morgan fingerprint density at radius 1 is 1.32 bits per heavy atom. The maximum absolute atomic E-state index is 11.2. The topological polar surface area (TPSA) is 76.8 Å². The Bertz CT molecular complexity index is 557. The summed E-state index contributed by atoms with van der Waals surface area (Å²) >= 11 is 5.45. The third-order valence-corrected chi connectivity index (χ3v) is 4.19. The molecule has 1 heterocycles. The van der Waals surface area contributed by atoms with Gasteiger partial charge in [0.15, 0.2) is 5.11 Å². The van der Waals surface area contributed by atoms with E-state index in [9.17, 15) is 4.79 Å². The quantitative estimate of drug-likeness (QED) is 0.820. The van der Waals surface area contributed by atoms with Crippen molar-refractivity contribution in [3.8, 4) is 11.5 Å². The number of likely N-dealkylation sites (tertiary alicyclic amines) is 1. The number of nitrogens with one attached hydrogen (secondary N) is 1. The Labute approximate surface area is 135 Å². The van der Waals surface area contributed by atoms with Crippen LogP contribution in [0.4, 0.5) is 5.69 Å². The van der Waals surface area contributed by atoms with Crippen LogP contribution in [0, 0.1) is 5.92 Å². The minimum absolute atomic E-state index is 0.0506. The maximum atomic E-state index is 11.2. The number of primary amides is 1. The van der Waals surface area contributed by atoms with Crippen molar-refractivity contribution in [2.45, 2.75) is 12.8 Å². The normalized spacial score (nSPS) is 15.3. The van der Waals surface area contributed by atoms with Crippen LogP contribution in [0.1, 0.15) is 12.8 Å². The standard InChI is InChI=1S/C15H21N3O3S/c1-20-11-3-4-13(21-2)12(9-11)17-15(22)18-7-5-10(6-8-18)14(16)19/h3-4,9-10H,5-8H2,1-2H3,(H2,16,19)(H,17,22). The monoisotopic (exact) mass is 323 g/mol. The summed E-state index contributed by atoms with van der Waals surface area (Å²) in [5.74, 6) is 1.13. The van der Waals surface area contributed by atoms with Crippen molar-refractivity contribution in [1.29, 1.82) is 0 Å². The number of ether oxygens (including phenoxy) is 2. The van der Waals surface area contributed by atoms with Crippen molar-refractivity contribution >= 4 is 28.9 Å². The van der Waals surface area contributed by atoms with Crippen molar-refractivity contribution < 1.29 is 14.3 Å². The van der Waals surface area contributed by atoms with Gasteiger partial charge in [0.1, 0.15) is 11.5 Å². The molecular formula is C15H21N3O3S. The molecule has 0 saturated carbocycles. The van der Waals surface area contributed by atoms with Crippen molar-refractivity contribution in [2.24, 2.45) is 11.7 Å². The highest BCUT2D eigenvalue weighted by molar-refractivity contribution is 7.80. The molecule has 22 heavy (non-hydrogen) atoms. The van der Waals surface area contributed by atoms with Gasteiger partial charge in [-0.05, 0) is 37.2 Å². The molecule has 0 spiro atoms. The van der Waals surface area contributed by atoms with Crippen molar-refractivity contribution in [3.05, 3.63) is 18.2 Å². The molecule has 1 aromatic rings. The molecule has 0 aliphatic carbocycles. The van der Waals surface area contributed by atoms with E-state index in [1.54, 1.807) is 14.2 Å². The zero-order valence-corrected chi connectivity index (χ0v) is 13.6. The molecule has 2 rings (SSSR count). The lowest BCUT2D eigenvalue weighted by atomic mass is 9.97. The zero-order chi connectivity index (χ0) is 16.1. The smallest absolute Gasteiger partial charge is 0.220 e. The molecule has 0 atom stereocenters. The Kier molecular flexibility index (Phi) is 5.43. The van der Waals surface area contributed by atoms with E-state index in [1.807, 2.05) is 23.1 Å². The first-order valence-corrected chi connectivity index (χ1v) is 7.53. The first-order valence-electron chi connectivity index (χ1n) is 7.12. The number of carbonyl (C=O) groups is 1. The second-order valence-electron chi connectivity index (χ2n) is 5.16. The molecule has 1 fully saturated rings. The summed E-state index contributed by atoms with van der Waals surface area (Å²) in [5, 5.41) is 3.79. The van der Waals surface area contributed by atoms with Crippen molar-refractivity contribution in [3.63, 3.8) is 0 Å². The van der Waals surface area contributed by atoms with Gasteiger partial charge >= 0.3 is 0 Å². The summed E-state index contributed by atoms with van der Waals surface area (Å²) in [5.41, 5.74) is 6.10. The van der Waals surface area contributed by atoms with E-state index in [2.05, 4.69) is 5.32 Å². The van der Waals surface area contributed by atoms with Crippen LogP contribution < -0.4 is 20.5 Å². The number of piperidine rings is 1. The second kappa shape index (κ2) is 7.31. The largest absolute Gasteiger partial charge is 0.497 e. The van der Waals surface area contributed by atoms with Crippen LogP contribution in [0.3, 0.4) is 0 Å². The number of hydrogen-bond donors (Lipinski definition) is 2. The van der Waals surface area contributed by atoms with Crippen LogP contribution in [-0.4, -0.2) is 43.2 Å². The molecule has 0 radical (unpaired) electrons. The van der Waals surface area contributed by atoms with Gasteiger partial charge in [-0.1, -0.05) is 0 Å². The molecule has 0 unspecified atom stereocenters. The summed E-state index contributed by atoms with van der Waals surface area (Å²) in [6.07, 6.45) is 1.46. The SMILES string of the molecule is COc1ccc(OC)c(NC(=S)N2CCC(C(N)=O)CC2)c1. The van der Waals surface area contributed by atoms with Crippen LogP contribution >= 0.6 is 12.2 Å². The first-order chi connectivity index (χ1) is 10.5. The van der Waals surface area contributed by atoms with E-state index < -0.39 is 0 Å². The number of thiocarbonyl (C=S) groups is 1. The predicted molar refractivity (Wildman–Crippen MR) is 89.3 cm³/mol. The number of anilines is 1. The average molecular weight is 323 g/mol. The molecule has 6 nitrogen and oxygen atoms in total. The van der Waals surface area contributed by atoms with Crippen molar-refractivity contribution in [1.82, 2.24) is 4.90 Å². The molecule has 3 N–H and O–H groups in total. The van der Waals surface area contributed by atoms with Gasteiger partial charge < -0.3 is 25.4 Å². The van der Waals surface area contributed by atoms with Crippen LogP contribution in [-0.2, 0) is 4.79 Å². The lowest BCUT2D eigenvalue weighted by Gasteiger charge is -2.32. The molecule has 1 aliphatic rings. The number of nitrogens with zero attached hydrogens (tertiary/aromatic N) is 1. The minimum Gasteiger partial charge on any atom is -0.497 e. The molecule has 1 saturated heterocycles. The predicted octanol–water partition coefficient (Wildman–Crippen LogP) is 1.60. The van der Waals surface area contributed by atoms with Gasteiger partial charge in [0.2, 0.25) is 5.91 Å². The number of methoxy groups -OCH3 is 2. The van der Waals surface area contributed by atoms with Crippen LogP contribution in [0.5, 0.6) is 11.5 Å². The molecule has 1 amide bonds. The van der Waals surface area contributed by atoms with E-state index in [0.717, 1.165) is 24.3 Å². The highest BCUT2D eigenvalue weighted by Crippen LogP contribution is 2.29. The second-order valence-corrected chi connectivity index (χ2v) is 5.55. The van der Waals surface area contributed by atoms with Crippen LogP contribution in [0.15, 0.2) is 18.2 Å². The van der Waals surface area contributed by atoms with E-state index in [1.165, 1.54) is 0 Å². The Balaban J connectivity index is 2.02. The molecule has 7 heteroatoms. The molecule has 0 bridgehead atoms. The number of rotatable bonds is 4. The summed E-state index contributed by atoms with van der Waals surface area (Å²) in [6.45, 7) is 1.43. The number of amides is 1. The Hall–Kier alpha value is -2.02. The summed E-state index contributed by atoms with van der Waals surface area (Å²) < 4.78 is 10.5. The summed E-state index contributed by atoms with van der Waals surface area (Å²) in [7, 11) is 3.22. The highest BCUT2D eigenvalue weighted by atomic mass is 32.1. The highest BCUT2D eigenvalue weighted by Gasteiger charge is 2.24. The summed E-state index contributed by atoms with van der Waals surface area (Å²) in [4.78, 5) is 13.2.